The molecule has 0 amide bonds. The monoisotopic (exact) mass is 290 g/mol. The van der Waals surface area contributed by atoms with Crippen LogP contribution in [0.3, 0.4) is 0 Å². The molecular weight excluding hydrogens is 264 g/mol. The van der Waals surface area contributed by atoms with Gasteiger partial charge in [0.25, 0.3) is 0 Å². The van der Waals surface area contributed by atoms with Crippen molar-refractivity contribution in [3.05, 3.63) is 35.4 Å². The Morgan fingerprint density at radius 2 is 1.86 bits per heavy atom. The minimum Gasteiger partial charge on any atom is -0.478 e. The molecule has 116 valence electrons. The van der Waals surface area contributed by atoms with Crippen molar-refractivity contribution in [2.75, 3.05) is 33.2 Å². The van der Waals surface area contributed by atoms with Gasteiger partial charge in [0, 0.05) is 19.6 Å². The van der Waals surface area contributed by atoms with E-state index in [1.807, 2.05) is 12.1 Å². The van der Waals surface area contributed by atoms with E-state index in [0.717, 1.165) is 18.7 Å². The maximum Gasteiger partial charge on any atom is 0.336 e. The van der Waals surface area contributed by atoms with Gasteiger partial charge in [-0.15, -0.1) is 0 Å². The molecule has 0 aliphatic carbocycles. The second-order valence-corrected chi connectivity index (χ2v) is 5.96. The summed E-state index contributed by atoms with van der Waals surface area (Å²) in [4.78, 5) is 16.0. The molecule has 1 fully saturated rings. The molecule has 4 heteroatoms. The van der Waals surface area contributed by atoms with Gasteiger partial charge < -0.3 is 14.9 Å². The Morgan fingerprint density at radius 3 is 2.52 bits per heavy atom. The third kappa shape index (κ3) is 5.14. The van der Waals surface area contributed by atoms with Crippen LogP contribution in [-0.2, 0) is 6.54 Å². The first kappa shape index (κ1) is 16.0. The summed E-state index contributed by atoms with van der Waals surface area (Å²) in [5.41, 5.74) is 1.31. The van der Waals surface area contributed by atoms with Crippen LogP contribution in [0.25, 0.3) is 0 Å². The highest BCUT2D eigenvalue weighted by molar-refractivity contribution is 5.89. The summed E-state index contributed by atoms with van der Waals surface area (Å²) in [5, 5.41) is 9.22. The number of nitrogens with zero attached hydrogens (tertiary/aromatic N) is 2. The number of likely N-dealkylation sites (tertiary alicyclic amines) is 1. The fraction of sp³-hybridized carbons (Fsp3) is 0.588. The van der Waals surface area contributed by atoms with Gasteiger partial charge in [-0.2, -0.15) is 0 Å². The summed E-state index contributed by atoms with van der Waals surface area (Å²) in [6.45, 7) is 5.16. The zero-order valence-corrected chi connectivity index (χ0v) is 12.9. The highest BCUT2D eigenvalue weighted by atomic mass is 16.4. The number of benzene rings is 1. The number of carboxylic acid groups (broad SMARTS) is 1. The highest BCUT2D eigenvalue weighted by Crippen LogP contribution is 2.12. The molecule has 4 nitrogen and oxygen atoms in total. The second-order valence-electron chi connectivity index (χ2n) is 5.96. The third-order valence-corrected chi connectivity index (χ3v) is 4.18. The fourth-order valence-corrected chi connectivity index (χ4v) is 2.91. The molecule has 2 rings (SSSR count). The van der Waals surface area contributed by atoms with E-state index in [1.54, 1.807) is 12.1 Å². The van der Waals surface area contributed by atoms with Crippen LogP contribution in [0.2, 0.25) is 0 Å². The summed E-state index contributed by atoms with van der Waals surface area (Å²) in [7, 11) is 2.07. The standard InChI is InChI=1S/C17H26N2O2/c1-18(12-13-19-10-6-2-3-7-11-19)14-15-8-4-5-9-16(15)17(20)21/h4-5,8-9H,2-3,6-7,10-14H2,1H3,(H,20,21). The maximum absolute atomic E-state index is 11.2. The molecule has 0 atom stereocenters. The molecule has 0 aromatic heterocycles. The van der Waals surface area contributed by atoms with Crippen LogP contribution in [0, 0.1) is 0 Å². The highest BCUT2D eigenvalue weighted by Gasteiger charge is 2.12. The van der Waals surface area contributed by atoms with Crippen LogP contribution in [0.4, 0.5) is 0 Å². The van der Waals surface area contributed by atoms with Crippen LogP contribution in [0.15, 0.2) is 24.3 Å². The molecule has 1 aliphatic heterocycles. The molecule has 0 spiro atoms. The third-order valence-electron chi connectivity index (χ3n) is 4.18. The van der Waals surface area contributed by atoms with Crippen molar-refractivity contribution in [1.29, 1.82) is 0 Å². The van der Waals surface area contributed by atoms with Gasteiger partial charge in [-0.3, -0.25) is 0 Å². The molecular formula is C17H26N2O2. The number of aromatic carboxylic acids is 1. The second kappa shape index (κ2) is 8.15. The van der Waals surface area contributed by atoms with E-state index >= 15 is 0 Å². The Labute approximate surface area is 127 Å². The minimum atomic E-state index is -0.841. The van der Waals surface area contributed by atoms with Gasteiger partial charge >= 0.3 is 5.97 Å². The van der Waals surface area contributed by atoms with Crippen molar-refractivity contribution < 1.29 is 9.90 Å². The first-order valence-corrected chi connectivity index (χ1v) is 7.89. The van der Waals surface area contributed by atoms with E-state index in [0.29, 0.717) is 12.1 Å². The van der Waals surface area contributed by atoms with E-state index in [1.165, 1.54) is 38.8 Å². The maximum atomic E-state index is 11.2. The largest absolute Gasteiger partial charge is 0.478 e. The van der Waals surface area contributed by atoms with Gasteiger partial charge in [0.1, 0.15) is 0 Å². The van der Waals surface area contributed by atoms with E-state index in [4.69, 9.17) is 0 Å². The van der Waals surface area contributed by atoms with Crippen LogP contribution in [0.5, 0.6) is 0 Å². The van der Waals surface area contributed by atoms with Gasteiger partial charge in [0.05, 0.1) is 5.56 Å². The SMILES string of the molecule is CN(CCN1CCCCCC1)Cc1ccccc1C(=O)O. The summed E-state index contributed by atoms with van der Waals surface area (Å²) < 4.78 is 0. The summed E-state index contributed by atoms with van der Waals surface area (Å²) in [6.07, 6.45) is 5.34. The van der Waals surface area contributed by atoms with E-state index in [9.17, 15) is 9.90 Å². The molecule has 0 radical (unpaired) electrons. The lowest BCUT2D eigenvalue weighted by molar-refractivity contribution is 0.0694. The molecule has 1 N–H and O–H groups in total. The Balaban J connectivity index is 1.84. The summed E-state index contributed by atoms with van der Waals surface area (Å²) in [5.74, 6) is -0.841. The quantitative estimate of drug-likeness (QED) is 0.875. The number of hydrogen-bond acceptors (Lipinski definition) is 3. The fourth-order valence-electron chi connectivity index (χ4n) is 2.91. The predicted molar refractivity (Wildman–Crippen MR) is 84.6 cm³/mol. The van der Waals surface area contributed by atoms with E-state index in [2.05, 4.69) is 16.8 Å². The minimum absolute atomic E-state index is 0.416. The Hall–Kier alpha value is -1.39. The first-order valence-electron chi connectivity index (χ1n) is 7.89. The van der Waals surface area contributed by atoms with Crippen molar-refractivity contribution in [1.82, 2.24) is 9.80 Å². The van der Waals surface area contributed by atoms with Gasteiger partial charge in [0.15, 0.2) is 0 Å². The van der Waals surface area contributed by atoms with Crippen LogP contribution in [-0.4, -0.2) is 54.1 Å². The average molecular weight is 290 g/mol. The van der Waals surface area contributed by atoms with Crippen LogP contribution in [0.1, 0.15) is 41.6 Å². The molecule has 1 saturated heterocycles. The van der Waals surface area contributed by atoms with Gasteiger partial charge in [-0.25, -0.2) is 4.79 Å². The van der Waals surface area contributed by atoms with Crippen molar-refractivity contribution in [3.8, 4) is 0 Å². The number of carbonyl (C=O) groups is 1. The van der Waals surface area contributed by atoms with E-state index < -0.39 is 5.97 Å². The smallest absolute Gasteiger partial charge is 0.336 e. The molecule has 1 heterocycles. The number of rotatable bonds is 6. The summed E-state index contributed by atoms with van der Waals surface area (Å²) >= 11 is 0. The number of likely N-dealkylation sites (N-methyl/N-ethyl adjacent to an activating group) is 1. The summed E-state index contributed by atoms with van der Waals surface area (Å²) in [6, 6.07) is 7.28. The first-order chi connectivity index (χ1) is 10.2. The molecule has 0 unspecified atom stereocenters. The molecule has 1 aliphatic rings. The van der Waals surface area contributed by atoms with Crippen molar-refractivity contribution in [2.45, 2.75) is 32.2 Å². The molecule has 1 aromatic carbocycles. The number of hydrogen-bond donors (Lipinski definition) is 1. The zero-order chi connectivity index (χ0) is 15.1. The normalized spacial score (nSPS) is 16.9. The van der Waals surface area contributed by atoms with Crippen LogP contribution >= 0.6 is 0 Å². The van der Waals surface area contributed by atoms with Crippen molar-refractivity contribution in [3.63, 3.8) is 0 Å². The zero-order valence-electron chi connectivity index (χ0n) is 12.9. The van der Waals surface area contributed by atoms with Crippen LogP contribution < -0.4 is 0 Å². The van der Waals surface area contributed by atoms with Gasteiger partial charge in [-0.1, -0.05) is 31.0 Å². The Bertz CT molecular complexity index is 454. The van der Waals surface area contributed by atoms with Gasteiger partial charge in [0.2, 0.25) is 0 Å². The van der Waals surface area contributed by atoms with E-state index in [-0.39, 0.29) is 0 Å². The Kier molecular flexibility index (Phi) is 6.21. The van der Waals surface area contributed by atoms with Crippen molar-refractivity contribution >= 4 is 5.97 Å². The van der Waals surface area contributed by atoms with Crippen molar-refractivity contribution in [2.24, 2.45) is 0 Å². The molecule has 21 heavy (non-hydrogen) atoms. The average Bonchev–Trinajstić information content (AvgIpc) is 2.74. The predicted octanol–water partition coefficient (Wildman–Crippen LogP) is 2.69. The molecule has 1 aromatic rings. The number of carboxylic acids is 1. The lowest BCUT2D eigenvalue weighted by Gasteiger charge is -2.24. The lowest BCUT2D eigenvalue weighted by Crippen LogP contribution is -2.33. The lowest BCUT2D eigenvalue weighted by atomic mass is 10.1. The van der Waals surface area contributed by atoms with Gasteiger partial charge in [-0.05, 0) is 44.6 Å². The molecule has 0 saturated carbocycles. The topological polar surface area (TPSA) is 43.8 Å². The molecule has 0 bridgehead atoms. The Morgan fingerprint density at radius 1 is 1.19 bits per heavy atom.